The number of esters is 1. The van der Waals surface area contributed by atoms with E-state index in [0.717, 1.165) is 109 Å². The number of amides is 1. The van der Waals surface area contributed by atoms with Gasteiger partial charge in [-0.15, -0.1) is 0 Å². The Balaban J connectivity index is 4.56. The van der Waals surface area contributed by atoms with Crippen LogP contribution in [0, 0.1) is 0 Å². The van der Waals surface area contributed by atoms with Crippen LogP contribution in [-0.4, -0.2) is 85.4 Å². The number of aliphatic hydroxyl groups is 1. The smallest absolute Gasteiger partial charge is 0.462 e. The summed E-state index contributed by atoms with van der Waals surface area (Å²) in [5.41, 5.74) is -0.594. The standard InChI is InChI=1S/C49H96N2O8/c1-7-10-13-16-19-26-33-40-56-48(55)57-41-34-27-25-32-39-51(43-44(52)42-50-47(54)59-49(4,5)6)38-31-24-20-23-30-37-46(53)58-45(35-28-21-17-14-11-8-2)36-29-22-18-15-12-9-3/h44-45,52H,7-43H2,1-6H3,(H,50,54). The molecular weight excluding hydrogens is 745 g/mol. The summed E-state index contributed by atoms with van der Waals surface area (Å²) in [5, 5.41) is 13.5. The highest BCUT2D eigenvalue weighted by molar-refractivity contribution is 5.69. The maximum absolute atomic E-state index is 12.8. The van der Waals surface area contributed by atoms with E-state index in [-0.39, 0.29) is 18.6 Å². The fraction of sp³-hybridized carbons (Fsp3) is 0.939. The van der Waals surface area contributed by atoms with Crippen molar-refractivity contribution in [3.8, 4) is 0 Å². The number of hydrogen-bond donors (Lipinski definition) is 2. The zero-order valence-corrected chi connectivity index (χ0v) is 39.6. The molecule has 0 radical (unpaired) electrons. The van der Waals surface area contributed by atoms with E-state index in [9.17, 15) is 19.5 Å². The number of aliphatic hydroxyl groups excluding tert-OH is 1. The maximum atomic E-state index is 12.8. The second-order valence-electron chi connectivity index (χ2n) is 18.1. The summed E-state index contributed by atoms with van der Waals surface area (Å²) in [5.74, 6) is -0.0302. The van der Waals surface area contributed by atoms with Crippen molar-refractivity contribution in [2.45, 2.75) is 258 Å². The van der Waals surface area contributed by atoms with E-state index in [1.807, 2.05) is 20.8 Å². The first-order valence-electron chi connectivity index (χ1n) is 24.9. The number of unbranched alkanes of at least 4 members (excludes halogenated alkanes) is 23. The third kappa shape index (κ3) is 42.4. The van der Waals surface area contributed by atoms with Crippen LogP contribution in [0.5, 0.6) is 0 Å². The van der Waals surface area contributed by atoms with Gasteiger partial charge in [0.15, 0.2) is 0 Å². The molecule has 59 heavy (non-hydrogen) atoms. The molecule has 0 aliphatic carbocycles. The predicted octanol–water partition coefficient (Wildman–Crippen LogP) is 13.4. The van der Waals surface area contributed by atoms with Gasteiger partial charge in [0, 0.05) is 19.5 Å². The van der Waals surface area contributed by atoms with Crippen molar-refractivity contribution < 1.29 is 38.4 Å². The zero-order chi connectivity index (χ0) is 43.7. The van der Waals surface area contributed by atoms with Crippen LogP contribution in [0.3, 0.4) is 0 Å². The third-order valence-electron chi connectivity index (χ3n) is 10.8. The molecule has 0 fully saturated rings. The quantitative estimate of drug-likeness (QED) is 0.0351. The molecule has 1 unspecified atom stereocenters. The Bertz CT molecular complexity index is 943. The molecule has 1 amide bonds. The van der Waals surface area contributed by atoms with Gasteiger partial charge < -0.3 is 34.3 Å². The van der Waals surface area contributed by atoms with Gasteiger partial charge in [-0.2, -0.15) is 0 Å². The molecule has 0 aromatic rings. The molecule has 10 nitrogen and oxygen atoms in total. The van der Waals surface area contributed by atoms with E-state index in [1.165, 1.54) is 96.3 Å². The number of rotatable bonds is 42. The minimum absolute atomic E-state index is 0.0302. The first-order chi connectivity index (χ1) is 28.5. The highest BCUT2D eigenvalue weighted by Gasteiger charge is 2.19. The average molecular weight is 841 g/mol. The summed E-state index contributed by atoms with van der Waals surface area (Å²) in [7, 11) is 0. The Morgan fingerprint density at radius 2 is 0.966 bits per heavy atom. The molecule has 0 saturated carbocycles. The molecule has 0 aromatic heterocycles. The van der Waals surface area contributed by atoms with Gasteiger partial charge in [-0.3, -0.25) is 4.79 Å². The van der Waals surface area contributed by atoms with E-state index in [2.05, 4.69) is 31.0 Å². The van der Waals surface area contributed by atoms with Gasteiger partial charge in [0.05, 0.1) is 19.3 Å². The SMILES string of the molecule is CCCCCCCCCOC(=O)OCCCCCCN(CCCCCCCC(=O)OC(CCCCCCCC)CCCCCCCC)CC(O)CNC(=O)OC(C)(C)C. The van der Waals surface area contributed by atoms with Crippen LogP contribution in [0.4, 0.5) is 9.59 Å². The molecule has 10 heteroatoms. The molecular formula is C49H96N2O8. The molecule has 350 valence electrons. The van der Waals surface area contributed by atoms with Gasteiger partial charge in [-0.25, -0.2) is 9.59 Å². The number of hydrogen-bond acceptors (Lipinski definition) is 9. The minimum Gasteiger partial charge on any atom is -0.462 e. The van der Waals surface area contributed by atoms with Crippen LogP contribution in [0.1, 0.15) is 241 Å². The Hall–Kier alpha value is -2.07. The van der Waals surface area contributed by atoms with Crippen molar-refractivity contribution >= 4 is 18.2 Å². The average Bonchev–Trinajstić information content (AvgIpc) is 3.19. The number of carbonyl (C=O) groups excluding carboxylic acids is 3. The minimum atomic E-state index is -0.708. The summed E-state index contributed by atoms with van der Waals surface area (Å²) in [6.07, 6.45) is 32.8. The van der Waals surface area contributed by atoms with E-state index in [1.54, 1.807) is 0 Å². The molecule has 0 rings (SSSR count). The van der Waals surface area contributed by atoms with Crippen LogP contribution in [-0.2, 0) is 23.7 Å². The molecule has 2 N–H and O–H groups in total. The van der Waals surface area contributed by atoms with Crippen molar-refractivity contribution in [2.75, 3.05) is 39.4 Å². The van der Waals surface area contributed by atoms with Crippen molar-refractivity contribution in [1.29, 1.82) is 0 Å². The van der Waals surface area contributed by atoms with Crippen LogP contribution < -0.4 is 5.32 Å². The number of nitrogens with zero attached hydrogens (tertiary/aromatic N) is 1. The molecule has 0 aliphatic heterocycles. The highest BCUT2D eigenvalue weighted by atomic mass is 16.7. The van der Waals surface area contributed by atoms with Crippen molar-refractivity contribution in [1.82, 2.24) is 10.2 Å². The summed E-state index contributed by atoms with van der Waals surface area (Å²) < 4.78 is 21.8. The van der Waals surface area contributed by atoms with Crippen LogP contribution in [0.15, 0.2) is 0 Å². The molecule has 0 aliphatic rings. The molecule has 1 atom stereocenters. The van der Waals surface area contributed by atoms with Crippen LogP contribution in [0.25, 0.3) is 0 Å². The van der Waals surface area contributed by atoms with E-state index in [4.69, 9.17) is 18.9 Å². The topological polar surface area (TPSA) is 124 Å². The second kappa shape index (κ2) is 41.3. The van der Waals surface area contributed by atoms with Gasteiger partial charge >= 0.3 is 18.2 Å². The Morgan fingerprint density at radius 3 is 1.42 bits per heavy atom. The Morgan fingerprint density at radius 1 is 0.559 bits per heavy atom. The Labute approximate surface area is 363 Å². The highest BCUT2D eigenvalue weighted by Crippen LogP contribution is 2.19. The van der Waals surface area contributed by atoms with E-state index >= 15 is 0 Å². The van der Waals surface area contributed by atoms with Gasteiger partial charge in [-0.05, 0) is 91.6 Å². The normalized spacial score (nSPS) is 12.2. The fourth-order valence-electron chi connectivity index (χ4n) is 7.32. The summed E-state index contributed by atoms with van der Waals surface area (Å²) in [6.45, 7) is 15.3. The molecule has 0 saturated heterocycles. The summed E-state index contributed by atoms with van der Waals surface area (Å²) >= 11 is 0. The molecule has 0 aromatic carbocycles. The lowest BCUT2D eigenvalue weighted by Crippen LogP contribution is -2.42. The molecule has 0 spiro atoms. The number of alkyl carbamates (subject to hydrolysis) is 1. The van der Waals surface area contributed by atoms with Crippen molar-refractivity contribution in [3.63, 3.8) is 0 Å². The van der Waals surface area contributed by atoms with Crippen molar-refractivity contribution in [2.24, 2.45) is 0 Å². The largest absolute Gasteiger partial charge is 0.508 e. The van der Waals surface area contributed by atoms with Gasteiger partial charge in [-0.1, -0.05) is 156 Å². The Kier molecular flexibility index (Phi) is 39.8. The lowest BCUT2D eigenvalue weighted by atomic mass is 10.0. The summed E-state index contributed by atoms with van der Waals surface area (Å²) in [6, 6.07) is 0. The zero-order valence-electron chi connectivity index (χ0n) is 39.6. The van der Waals surface area contributed by atoms with Gasteiger partial charge in [0.1, 0.15) is 11.7 Å². The number of nitrogens with one attached hydrogen (secondary N) is 1. The van der Waals surface area contributed by atoms with E-state index in [0.29, 0.717) is 26.2 Å². The monoisotopic (exact) mass is 841 g/mol. The fourth-order valence-corrected chi connectivity index (χ4v) is 7.32. The molecule has 0 bridgehead atoms. The first-order valence-corrected chi connectivity index (χ1v) is 24.9. The lowest BCUT2D eigenvalue weighted by molar-refractivity contribution is -0.150. The van der Waals surface area contributed by atoms with Crippen LogP contribution >= 0.6 is 0 Å². The second-order valence-corrected chi connectivity index (χ2v) is 18.1. The maximum Gasteiger partial charge on any atom is 0.508 e. The first kappa shape index (κ1) is 56.9. The molecule has 0 heterocycles. The van der Waals surface area contributed by atoms with Crippen LogP contribution in [0.2, 0.25) is 0 Å². The van der Waals surface area contributed by atoms with Crippen molar-refractivity contribution in [3.05, 3.63) is 0 Å². The number of carbonyl (C=O) groups is 3. The van der Waals surface area contributed by atoms with E-state index < -0.39 is 24.0 Å². The van der Waals surface area contributed by atoms with Gasteiger partial charge in [0.25, 0.3) is 0 Å². The predicted molar refractivity (Wildman–Crippen MR) is 244 cm³/mol. The number of ether oxygens (including phenoxy) is 4. The summed E-state index contributed by atoms with van der Waals surface area (Å²) in [4.78, 5) is 39.2. The van der Waals surface area contributed by atoms with Gasteiger partial charge in [0.2, 0.25) is 0 Å². The lowest BCUT2D eigenvalue weighted by Gasteiger charge is -2.26. The third-order valence-corrected chi connectivity index (χ3v) is 10.8.